The Bertz CT molecular complexity index is 1050. The van der Waals surface area contributed by atoms with Crippen molar-refractivity contribution in [2.45, 2.75) is 16.7 Å². The molecule has 0 aliphatic rings. The lowest BCUT2D eigenvalue weighted by Crippen LogP contribution is -2.08. The smallest absolute Gasteiger partial charge is 0.296 e. The number of carbonyl (C=O) groups is 1. The second-order valence-electron chi connectivity index (χ2n) is 4.71. The predicted molar refractivity (Wildman–Crippen MR) is 79.7 cm³/mol. The first-order valence-electron chi connectivity index (χ1n) is 5.89. The number of hydrogen-bond donors (Lipinski definition) is 4. The molecule has 0 bridgehead atoms. The van der Waals surface area contributed by atoms with Crippen LogP contribution >= 0.6 is 0 Å². The first-order valence-corrected chi connectivity index (χ1v) is 8.77. The van der Waals surface area contributed by atoms with E-state index in [-0.39, 0.29) is 16.3 Å². The van der Waals surface area contributed by atoms with Crippen LogP contribution in [0.5, 0.6) is 5.75 Å². The number of fused-ring (bicyclic) bond motifs is 1. The van der Waals surface area contributed by atoms with Gasteiger partial charge in [-0.05, 0) is 19.1 Å². The van der Waals surface area contributed by atoms with Gasteiger partial charge in [-0.25, -0.2) is 0 Å². The molecule has 9 nitrogen and oxygen atoms in total. The Kier molecular flexibility index (Phi) is 3.85. The van der Waals surface area contributed by atoms with E-state index >= 15 is 0 Å². The third-order valence-corrected chi connectivity index (χ3v) is 4.87. The number of phenolic OH excluding ortho intramolecular Hbond substituents is 1. The summed E-state index contributed by atoms with van der Waals surface area (Å²) in [6.07, 6.45) is 0. The molecule has 2 aromatic carbocycles. The van der Waals surface area contributed by atoms with Crippen LogP contribution in [0.2, 0.25) is 0 Å². The number of aromatic hydroxyl groups is 1. The average molecular weight is 361 g/mol. The number of carbonyl (C=O) groups excluding carboxylic acids is 1. The highest BCUT2D eigenvalue weighted by molar-refractivity contribution is 7.86. The van der Waals surface area contributed by atoms with E-state index < -0.39 is 47.2 Å². The average Bonchev–Trinajstić information content (AvgIpc) is 2.36. The minimum absolute atomic E-state index is 0.199. The zero-order valence-corrected chi connectivity index (χ0v) is 13.1. The standard InChI is InChI=1S/C12H11NO8S2/c1-5(14)7-4-10(23(19,20)21)12(13)8-2-6(22(16,17)18)3-9(15)11(7)8/h2-4,15H,13H2,1H3,(H,16,17,18)(H,19,20,21). The van der Waals surface area contributed by atoms with E-state index in [9.17, 15) is 31.3 Å². The molecule has 0 heterocycles. The van der Waals surface area contributed by atoms with Gasteiger partial charge in [-0.3, -0.25) is 13.9 Å². The van der Waals surface area contributed by atoms with Crippen molar-refractivity contribution in [2.75, 3.05) is 5.73 Å². The topological polar surface area (TPSA) is 172 Å². The van der Waals surface area contributed by atoms with E-state index in [1.807, 2.05) is 0 Å². The summed E-state index contributed by atoms with van der Waals surface area (Å²) in [6.45, 7) is 1.08. The summed E-state index contributed by atoms with van der Waals surface area (Å²) < 4.78 is 63.4. The molecule has 11 heteroatoms. The van der Waals surface area contributed by atoms with E-state index in [1.54, 1.807) is 0 Å². The van der Waals surface area contributed by atoms with Crippen LogP contribution in [-0.2, 0) is 20.2 Å². The Morgan fingerprint density at radius 1 is 1.04 bits per heavy atom. The molecule has 23 heavy (non-hydrogen) atoms. The van der Waals surface area contributed by atoms with Crippen LogP contribution in [0.3, 0.4) is 0 Å². The molecule has 0 saturated carbocycles. The monoisotopic (exact) mass is 361 g/mol. The van der Waals surface area contributed by atoms with Crippen molar-refractivity contribution < 1.29 is 35.8 Å². The summed E-state index contributed by atoms with van der Waals surface area (Å²) in [5.41, 5.74) is 4.75. The van der Waals surface area contributed by atoms with Gasteiger partial charge < -0.3 is 10.8 Å². The number of anilines is 1. The Balaban J connectivity index is 3.16. The lowest BCUT2D eigenvalue weighted by atomic mass is 9.99. The molecule has 2 rings (SSSR count). The molecule has 0 aliphatic carbocycles. The molecular weight excluding hydrogens is 350 g/mol. The summed E-state index contributed by atoms with van der Waals surface area (Å²) in [5, 5.41) is 9.45. The molecule has 0 aromatic heterocycles. The van der Waals surface area contributed by atoms with Gasteiger partial charge >= 0.3 is 0 Å². The van der Waals surface area contributed by atoms with Crippen LogP contribution in [0.25, 0.3) is 10.8 Å². The fraction of sp³-hybridized carbons (Fsp3) is 0.0833. The summed E-state index contributed by atoms with van der Waals surface area (Å²) in [5.74, 6) is -1.36. The minimum Gasteiger partial charge on any atom is -0.507 e. The molecule has 0 aliphatic heterocycles. The fourth-order valence-electron chi connectivity index (χ4n) is 2.15. The summed E-state index contributed by atoms with van der Waals surface area (Å²) in [7, 11) is -9.54. The van der Waals surface area contributed by atoms with Gasteiger partial charge in [-0.15, -0.1) is 0 Å². The molecule has 0 radical (unpaired) electrons. The number of hydrogen-bond acceptors (Lipinski definition) is 7. The highest BCUT2D eigenvalue weighted by Gasteiger charge is 2.24. The Morgan fingerprint density at radius 3 is 2.04 bits per heavy atom. The third kappa shape index (κ3) is 2.99. The second kappa shape index (κ2) is 5.16. The molecule has 0 amide bonds. The van der Waals surface area contributed by atoms with Crippen LogP contribution < -0.4 is 5.73 Å². The first kappa shape index (κ1) is 17.1. The van der Waals surface area contributed by atoms with Crippen LogP contribution in [0, 0.1) is 0 Å². The molecule has 2 aromatic rings. The van der Waals surface area contributed by atoms with Gasteiger partial charge in [-0.2, -0.15) is 16.8 Å². The van der Waals surface area contributed by atoms with E-state index in [0.717, 1.165) is 19.1 Å². The van der Waals surface area contributed by atoms with Crippen molar-refractivity contribution in [1.82, 2.24) is 0 Å². The number of nitrogen functional groups attached to an aromatic ring is 1. The second-order valence-corrected chi connectivity index (χ2v) is 7.52. The Morgan fingerprint density at radius 2 is 1.61 bits per heavy atom. The molecular formula is C12H11NO8S2. The molecule has 5 N–H and O–H groups in total. The van der Waals surface area contributed by atoms with E-state index in [4.69, 9.17) is 10.3 Å². The van der Waals surface area contributed by atoms with Gasteiger partial charge in [0, 0.05) is 22.4 Å². The van der Waals surface area contributed by atoms with Gasteiger partial charge in [-0.1, -0.05) is 0 Å². The van der Waals surface area contributed by atoms with Crippen molar-refractivity contribution in [1.29, 1.82) is 0 Å². The zero-order chi connectivity index (χ0) is 17.7. The largest absolute Gasteiger partial charge is 0.507 e. The predicted octanol–water partition coefficient (Wildman–Crippen LogP) is 0.824. The highest BCUT2D eigenvalue weighted by Crippen LogP contribution is 2.38. The summed E-state index contributed by atoms with van der Waals surface area (Å²) in [6, 6.07) is 2.26. The first-order chi connectivity index (χ1) is 10.3. The number of ketones is 1. The minimum atomic E-state index is -4.81. The van der Waals surface area contributed by atoms with Gasteiger partial charge in [0.1, 0.15) is 10.6 Å². The van der Waals surface area contributed by atoms with Crippen molar-refractivity contribution in [3.63, 3.8) is 0 Å². The third-order valence-electron chi connectivity index (χ3n) is 3.15. The number of phenols is 1. The van der Waals surface area contributed by atoms with Crippen molar-refractivity contribution in [2.24, 2.45) is 0 Å². The molecule has 0 fully saturated rings. The number of benzene rings is 2. The lowest BCUT2D eigenvalue weighted by Gasteiger charge is -2.13. The Labute approximate surface area is 130 Å². The normalized spacial score (nSPS) is 12.5. The van der Waals surface area contributed by atoms with Gasteiger partial charge in [0.2, 0.25) is 0 Å². The van der Waals surface area contributed by atoms with E-state index in [1.165, 1.54) is 0 Å². The van der Waals surface area contributed by atoms with Gasteiger partial charge in [0.15, 0.2) is 5.78 Å². The Hall–Kier alpha value is -2.21. The van der Waals surface area contributed by atoms with Crippen molar-refractivity contribution in [3.05, 3.63) is 23.8 Å². The van der Waals surface area contributed by atoms with E-state index in [2.05, 4.69) is 0 Å². The SMILES string of the molecule is CC(=O)c1cc(S(=O)(=O)O)c(N)c2cc(S(=O)(=O)O)cc(O)c12. The maximum atomic E-state index is 11.7. The van der Waals surface area contributed by atoms with E-state index in [0.29, 0.717) is 6.07 Å². The van der Waals surface area contributed by atoms with Crippen LogP contribution in [0.15, 0.2) is 28.0 Å². The molecule has 0 saturated heterocycles. The quantitative estimate of drug-likeness (QED) is 0.351. The van der Waals surface area contributed by atoms with Crippen LogP contribution in [0.1, 0.15) is 17.3 Å². The van der Waals surface area contributed by atoms with Crippen molar-refractivity contribution >= 4 is 42.5 Å². The number of nitrogens with two attached hydrogens (primary N) is 1. The number of rotatable bonds is 3. The van der Waals surface area contributed by atoms with Crippen LogP contribution in [0.4, 0.5) is 5.69 Å². The fourth-order valence-corrected chi connectivity index (χ4v) is 3.33. The maximum absolute atomic E-state index is 11.7. The molecule has 0 atom stereocenters. The maximum Gasteiger partial charge on any atom is 0.296 e. The van der Waals surface area contributed by atoms with Crippen LogP contribution in [-0.4, -0.2) is 36.8 Å². The summed E-state index contributed by atoms with van der Waals surface area (Å²) in [4.78, 5) is 10.1. The summed E-state index contributed by atoms with van der Waals surface area (Å²) >= 11 is 0. The lowest BCUT2D eigenvalue weighted by molar-refractivity contribution is 0.101. The zero-order valence-electron chi connectivity index (χ0n) is 11.5. The van der Waals surface area contributed by atoms with Gasteiger partial charge in [0.25, 0.3) is 20.2 Å². The van der Waals surface area contributed by atoms with Gasteiger partial charge in [0.05, 0.1) is 10.6 Å². The molecule has 0 unspecified atom stereocenters. The molecule has 0 spiro atoms. The number of Topliss-reactive ketones (excluding diaryl/α,β-unsaturated/α-hetero) is 1. The van der Waals surface area contributed by atoms with Crippen molar-refractivity contribution in [3.8, 4) is 5.75 Å². The molecule has 124 valence electrons. The highest BCUT2D eigenvalue weighted by atomic mass is 32.2.